The smallest absolute Gasteiger partial charge is 0.245 e. The fraction of sp³-hybridized carbons (Fsp3) is 0.333. The minimum absolute atomic E-state index is 0.0870. The number of hydrogen-bond acceptors (Lipinski definition) is 5. The predicted octanol–water partition coefficient (Wildman–Crippen LogP) is 2.31. The van der Waals surface area contributed by atoms with Gasteiger partial charge in [-0.3, -0.25) is 14.9 Å². The van der Waals surface area contributed by atoms with Gasteiger partial charge in [0, 0.05) is 22.5 Å². The van der Waals surface area contributed by atoms with E-state index in [0.717, 1.165) is 17.1 Å². The summed E-state index contributed by atoms with van der Waals surface area (Å²) in [6, 6.07) is 9.51. The Balaban J connectivity index is 1.91. The van der Waals surface area contributed by atoms with Crippen LogP contribution in [0.1, 0.15) is 20.8 Å². The third kappa shape index (κ3) is 4.36. The molecule has 1 heterocycles. The van der Waals surface area contributed by atoms with Crippen LogP contribution in [-0.4, -0.2) is 27.7 Å². The number of hydrogen-bond donors (Lipinski definition) is 2. The molecule has 1 aromatic carbocycles. The van der Waals surface area contributed by atoms with Crippen molar-refractivity contribution in [3.05, 3.63) is 30.3 Å². The molecule has 0 aliphatic carbocycles. The molecule has 22 heavy (non-hydrogen) atoms. The van der Waals surface area contributed by atoms with Crippen LogP contribution < -0.4 is 10.6 Å². The summed E-state index contributed by atoms with van der Waals surface area (Å²) in [6.45, 7) is 5.28. The summed E-state index contributed by atoms with van der Waals surface area (Å²) in [5.41, 5.74) is 0.365. The second-order valence-electron chi connectivity index (χ2n) is 5.77. The summed E-state index contributed by atoms with van der Waals surface area (Å²) in [5, 5.41) is 5.63. The first-order chi connectivity index (χ1) is 10.4. The van der Waals surface area contributed by atoms with Crippen LogP contribution in [0, 0.1) is 5.41 Å². The normalized spacial score (nSPS) is 11.0. The van der Waals surface area contributed by atoms with Crippen LogP contribution in [-0.2, 0) is 9.59 Å². The van der Waals surface area contributed by atoms with Crippen LogP contribution in [0.2, 0.25) is 0 Å². The maximum absolute atomic E-state index is 11.8. The highest BCUT2D eigenvalue weighted by molar-refractivity contribution is 7.10. The number of anilines is 1. The zero-order valence-electron chi connectivity index (χ0n) is 12.7. The molecule has 0 fully saturated rings. The topological polar surface area (TPSA) is 84.0 Å². The van der Waals surface area contributed by atoms with Crippen LogP contribution in [0.15, 0.2) is 30.3 Å². The largest absolute Gasteiger partial charge is 0.347 e. The molecule has 2 aromatic rings. The van der Waals surface area contributed by atoms with E-state index in [1.807, 2.05) is 30.3 Å². The highest BCUT2D eigenvalue weighted by Crippen LogP contribution is 2.20. The van der Waals surface area contributed by atoms with Gasteiger partial charge in [-0.2, -0.15) is 9.36 Å². The van der Waals surface area contributed by atoms with Gasteiger partial charge in [0.15, 0.2) is 5.82 Å². The van der Waals surface area contributed by atoms with Crippen molar-refractivity contribution in [2.24, 2.45) is 5.41 Å². The van der Waals surface area contributed by atoms with Gasteiger partial charge in [0.25, 0.3) is 0 Å². The van der Waals surface area contributed by atoms with Gasteiger partial charge in [0.1, 0.15) is 0 Å². The Bertz CT molecular complexity index is 662. The molecular weight excluding hydrogens is 300 g/mol. The molecule has 7 heteroatoms. The van der Waals surface area contributed by atoms with Crippen molar-refractivity contribution in [3.63, 3.8) is 0 Å². The van der Waals surface area contributed by atoms with E-state index in [0.29, 0.717) is 11.0 Å². The Hall–Kier alpha value is -2.28. The Morgan fingerprint density at radius 2 is 1.86 bits per heavy atom. The second kappa shape index (κ2) is 6.65. The Labute approximate surface area is 133 Å². The molecule has 0 radical (unpaired) electrons. The van der Waals surface area contributed by atoms with Crippen molar-refractivity contribution in [2.75, 3.05) is 11.9 Å². The zero-order valence-corrected chi connectivity index (χ0v) is 13.5. The third-order valence-corrected chi connectivity index (χ3v) is 3.43. The van der Waals surface area contributed by atoms with Gasteiger partial charge >= 0.3 is 0 Å². The summed E-state index contributed by atoms with van der Waals surface area (Å²) >= 11 is 1.11. The quantitative estimate of drug-likeness (QED) is 0.906. The van der Waals surface area contributed by atoms with Gasteiger partial charge in [-0.05, 0) is 0 Å². The Morgan fingerprint density at radius 1 is 1.18 bits per heavy atom. The van der Waals surface area contributed by atoms with Crippen molar-refractivity contribution in [2.45, 2.75) is 20.8 Å². The Kier molecular flexibility index (Phi) is 4.87. The first-order valence-electron chi connectivity index (χ1n) is 6.83. The summed E-state index contributed by atoms with van der Waals surface area (Å²) in [6.07, 6.45) is 0. The van der Waals surface area contributed by atoms with Crippen LogP contribution >= 0.6 is 11.5 Å². The number of amides is 2. The van der Waals surface area contributed by atoms with E-state index < -0.39 is 5.41 Å². The van der Waals surface area contributed by atoms with Gasteiger partial charge in [-0.15, -0.1) is 0 Å². The molecule has 0 saturated heterocycles. The van der Waals surface area contributed by atoms with Crippen LogP contribution in [0.3, 0.4) is 0 Å². The number of carbonyl (C=O) groups excluding carboxylic acids is 2. The lowest BCUT2D eigenvalue weighted by Crippen LogP contribution is -2.39. The van der Waals surface area contributed by atoms with Crippen molar-refractivity contribution < 1.29 is 9.59 Å². The fourth-order valence-corrected chi connectivity index (χ4v) is 2.17. The maximum atomic E-state index is 11.8. The summed E-state index contributed by atoms with van der Waals surface area (Å²) in [4.78, 5) is 27.8. The van der Waals surface area contributed by atoms with E-state index in [2.05, 4.69) is 20.0 Å². The molecule has 2 N–H and O–H groups in total. The first-order valence-corrected chi connectivity index (χ1v) is 7.61. The number of aromatic nitrogens is 2. The molecule has 0 aliphatic rings. The van der Waals surface area contributed by atoms with E-state index in [9.17, 15) is 9.59 Å². The molecule has 6 nitrogen and oxygen atoms in total. The van der Waals surface area contributed by atoms with Crippen molar-refractivity contribution >= 4 is 28.5 Å². The van der Waals surface area contributed by atoms with E-state index in [1.54, 1.807) is 20.8 Å². The third-order valence-electron chi connectivity index (χ3n) is 2.80. The number of nitrogens with one attached hydrogen (secondary N) is 2. The highest BCUT2D eigenvalue weighted by Gasteiger charge is 2.21. The highest BCUT2D eigenvalue weighted by atomic mass is 32.1. The molecule has 0 spiro atoms. The average molecular weight is 318 g/mol. The van der Waals surface area contributed by atoms with Crippen molar-refractivity contribution in [3.8, 4) is 11.4 Å². The van der Waals surface area contributed by atoms with Crippen molar-refractivity contribution in [1.29, 1.82) is 0 Å². The van der Waals surface area contributed by atoms with Crippen molar-refractivity contribution in [1.82, 2.24) is 14.7 Å². The van der Waals surface area contributed by atoms with Gasteiger partial charge < -0.3 is 5.32 Å². The molecule has 116 valence electrons. The van der Waals surface area contributed by atoms with Gasteiger partial charge in [0.2, 0.25) is 16.9 Å². The van der Waals surface area contributed by atoms with Gasteiger partial charge in [-0.25, -0.2) is 0 Å². The van der Waals surface area contributed by atoms with E-state index >= 15 is 0 Å². The number of nitrogens with zero attached hydrogens (tertiary/aromatic N) is 2. The molecule has 1 aromatic heterocycles. The molecule has 0 aliphatic heterocycles. The van der Waals surface area contributed by atoms with Crippen LogP contribution in [0.4, 0.5) is 5.13 Å². The molecule has 0 unspecified atom stereocenters. The zero-order chi connectivity index (χ0) is 16.2. The van der Waals surface area contributed by atoms with E-state index in [4.69, 9.17) is 0 Å². The van der Waals surface area contributed by atoms with Crippen LogP contribution in [0.5, 0.6) is 0 Å². The predicted molar refractivity (Wildman–Crippen MR) is 86.4 cm³/mol. The lowest BCUT2D eigenvalue weighted by molar-refractivity contribution is -0.130. The minimum Gasteiger partial charge on any atom is -0.347 e. The fourth-order valence-electron chi connectivity index (χ4n) is 1.57. The number of benzene rings is 1. The monoisotopic (exact) mass is 318 g/mol. The van der Waals surface area contributed by atoms with Gasteiger partial charge in [-0.1, -0.05) is 51.1 Å². The lowest BCUT2D eigenvalue weighted by Gasteiger charge is -2.17. The van der Waals surface area contributed by atoms with E-state index in [1.165, 1.54) is 0 Å². The number of rotatable bonds is 4. The minimum atomic E-state index is -0.524. The molecule has 0 atom stereocenters. The summed E-state index contributed by atoms with van der Waals surface area (Å²) in [7, 11) is 0. The Morgan fingerprint density at radius 3 is 2.50 bits per heavy atom. The number of carbonyl (C=O) groups is 2. The average Bonchev–Trinajstić information content (AvgIpc) is 2.93. The first kappa shape index (κ1) is 16.1. The molecular formula is C15H18N4O2S. The van der Waals surface area contributed by atoms with E-state index in [-0.39, 0.29) is 18.4 Å². The van der Waals surface area contributed by atoms with Crippen LogP contribution in [0.25, 0.3) is 11.4 Å². The van der Waals surface area contributed by atoms with Gasteiger partial charge in [0.05, 0.1) is 6.54 Å². The second-order valence-corrected chi connectivity index (χ2v) is 6.52. The maximum Gasteiger partial charge on any atom is 0.245 e. The lowest BCUT2D eigenvalue weighted by atomic mass is 9.96. The standard InChI is InChI=1S/C15H18N4O2S/c1-15(2,3)13(21)16-9-11(20)17-14-18-12(19-22-14)10-7-5-4-6-8-10/h4-8H,9H2,1-3H3,(H,16,21)(H,17,18,19,20). The molecule has 0 bridgehead atoms. The molecule has 0 saturated carbocycles. The summed E-state index contributed by atoms with van der Waals surface area (Å²) < 4.78 is 4.20. The molecule has 2 rings (SSSR count). The SMILES string of the molecule is CC(C)(C)C(=O)NCC(=O)Nc1nc(-c2ccccc2)ns1. The molecule has 2 amide bonds. The summed E-state index contributed by atoms with van der Waals surface area (Å²) in [5.74, 6) is 0.0675.